The molecule has 0 radical (unpaired) electrons. The van der Waals surface area contributed by atoms with Gasteiger partial charge in [0, 0.05) is 5.92 Å². The van der Waals surface area contributed by atoms with E-state index in [4.69, 9.17) is 0 Å². The molecule has 4 heteroatoms. The molecule has 0 atom stereocenters. The highest BCUT2D eigenvalue weighted by molar-refractivity contribution is 5.18. The van der Waals surface area contributed by atoms with Crippen molar-refractivity contribution in [2.45, 2.75) is 77.2 Å². The van der Waals surface area contributed by atoms with E-state index in [0.29, 0.717) is 31.6 Å². The zero-order chi connectivity index (χ0) is 16.7. The second kappa shape index (κ2) is 8.78. The minimum absolute atomic E-state index is 0.212. The first-order valence-electron chi connectivity index (χ1n) is 8.88. The number of hydrogen-bond acceptors (Lipinski definition) is 1. The van der Waals surface area contributed by atoms with Crippen LogP contribution in [0.3, 0.4) is 0 Å². The smallest absolute Gasteiger partial charge is 0.289 e. The molecule has 0 bridgehead atoms. The second-order valence-electron chi connectivity index (χ2n) is 6.87. The third kappa shape index (κ3) is 6.99. The van der Waals surface area contributed by atoms with Crippen molar-refractivity contribution in [3.63, 3.8) is 0 Å². The standard InChI is InChI=1S/C19H27F3O/c1-2-15-7-9-16(10-8-15)5-3-4-6-17-11-13-18(14-12-17)23-19(20,21)22/h3,5,15-18H,2,7-14H2,1H3/t15-,16-,17-,18-. The highest BCUT2D eigenvalue weighted by Gasteiger charge is 2.35. The molecule has 0 heterocycles. The third-order valence-corrected chi connectivity index (χ3v) is 5.18. The largest absolute Gasteiger partial charge is 0.522 e. The normalized spacial score (nSPS) is 32.5. The number of allylic oxidation sites excluding steroid dienone is 2. The summed E-state index contributed by atoms with van der Waals surface area (Å²) in [5.74, 6) is 8.06. The van der Waals surface area contributed by atoms with E-state index in [1.807, 2.05) is 6.08 Å². The highest BCUT2D eigenvalue weighted by Crippen LogP contribution is 2.32. The van der Waals surface area contributed by atoms with Crippen LogP contribution in [0.15, 0.2) is 12.2 Å². The Bertz CT molecular complexity index is 428. The molecule has 2 fully saturated rings. The molecule has 1 nitrogen and oxygen atoms in total. The van der Waals surface area contributed by atoms with E-state index in [2.05, 4.69) is 29.6 Å². The molecule has 0 aromatic heterocycles. The molecule has 2 rings (SSSR count). The molecule has 0 saturated heterocycles. The first-order valence-corrected chi connectivity index (χ1v) is 8.88. The van der Waals surface area contributed by atoms with E-state index >= 15 is 0 Å². The van der Waals surface area contributed by atoms with Gasteiger partial charge in [0.2, 0.25) is 0 Å². The summed E-state index contributed by atoms with van der Waals surface area (Å²) in [5.41, 5.74) is 0. The van der Waals surface area contributed by atoms with Gasteiger partial charge in [-0.1, -0.05) is 31.3 Å². The predicted octanol–water partition coefficient (Wildman–Crippen LogP) is 5.86. The number of halogens is 3. The average Bonchev–Trinajstić information content (AvgIpc) is 2.52. The molecule has 130 valence electrons. The Balaban J connectivity index is 1.67. The zero-order valence-corrected chi connectivity index (χ0v) is 13.9. The lowest BCUT2D eigenvalue weighted by atomic mass is 9.81. The molecule has 0 spiro atoms. The fourth-order valence-corrected chi connectivity index (χ4v) is 3.65. The van der Waals surface area contributed by atoms with Crippen LogP contribution in [0.5, 0.6) is 0 Å². The van der Waals surface area contributed by atoms with Gasteiger partial charge in [0.05, 0.1) is 6.10 Å². The van der Waals surface area contributed by atoms with Gasteiger partial charge in [-0.25, -0.2) is 0 Å². The van der Waals surface area contributed by atoms with E-state index in [1.54, 1.807) is 0 Å². The minimum atomic E-state index is -4.51. The predicted molar refractivity (Wildman–Crippen MR) is 85.5 cm³/mol. The molecule has 0 unspecified atom stereocenters. The zero-order valence-electron chi connectivity index (χ0n) is 13.9. The van der Waals surface area contributed by atoms with Crippen molar-refractivity contribution in [3.05, 3.63) is 12.2 Å². The van der Waals surface area contributed by atoms with Gasteiger partial charge in [0.1, 0.15) is 0 Å². The summed E-state index contributed by atoms with van der Waals surface area (Å²) in [4.78, 5) is 0. The maximum absolute atomic E-state index is 12.2. The molecule has 0 aliphatic heterocycles. The molecule has 2 aliphatic carbocycles. The van der Waals surface area contributed by atoms with Gasteiger partial charge in [-0.15, -0.1) is 13.2 Å². The summed E-state index contributed by atoms with van der Waals surface area (Å²) in [7, 11) is 0. The van der Waals surface area contributed by atoms with Gasteiger partial charge in [-0.3, -0.25) is 4.74 Å². The van der Waals surface area contributed by atoms with Gasteiger partial charge in [0.15, 0.2) is 0 Å². The van der Waals surface area contributed by atoms with Crippen LogP contribution in [0.2, 0.25) is 0 Å². The third-order valence-electron chi connectivity index (χ3n) is 5.18. The fourth-order valence-electron chi connectivity index (χ4n) is 3.65. The number of alkyl halides is 3. The lowest BCUT2D eigenvalue weighted by Gasteiger charge is -2.26. The van der Waals surface area contributed by atoms with Gasteiger partial charge < -0.3 is 0 Å². The van der Waals surface area contributed by atoms with Crippen LogP contribution in [0.4, 0.5) is 13.2 Å². The van der Waals surface area contributed by atoms with Crippen molar-refractivity contribution >= 4 is 0 Å². The van der Waals surface area contributed by atoms with E-state index in [1.165, 1.54) is 32.1 Å². The minimum Gasteiger partial charge on any atom is -0.289 e. The average molecular weight is 328 g/mol. The Hall–Kier alpha value is -0.950. The van der Waals surface area contributed by atoms with Crippen LogP contribution in [0.25, 0.3) is 0 Å². The maximum atomic E-state index is 12.2. The number of hydrogen-bond donors (Lipinski definition) is 0. The first kappa shape index (κ1) is 18.4. The van der Waals surface area contributed by atoms with E-state index in [0.717, 1.165) is 5.92 Å². The molecule has 0 aromatic carbocycles. The monoisotopic (exact) mass is 328 g/mol. The summed E-state index contributed by atoms with van der Waals surface area (Å²) < 4.78 is 40.5. The summed E-state index contributed by atoms with van der Waals surface area (Å²) >= 11 is 0. The summed E-state index contributed by atoms with van der Waals surface area (Å²) in [6.45, 7) is 2.26. The number of rotatable bonds is 3. The highest BCUT2D eigenvalue weighted by atomic mass is 19.4. The molecule has 2 aliphatic rings. The summed E-state index contributed by atoms with van der Waals surface area (Å²) in [6.07, 6.45) is 7.72. The topological polar surface area (TPSA) is 9.23 Å². The first-order chi connectivity index (χ1) is 11.0. The maximum Gasteiger partial charge on any atom is 0.522 e. The quantitative estimate of drug-likeness (QED) is 0.590. The molecular formula is C19H27F3O. The fraction of sp³-hybridized carbons (Fsp3) is 0.789. The van der Waals surface area contributed by atoms with Crippen LogP contribution < -0.4 is 0 Å². The van der Waals surface area contributed by atoms with E-state index < -0.39 is 12.5 Å². The van der Waals surface area contributed by atoms with Gasteiger partial charge in [-0.05, 0) is 69.3 Å². The van der Waals surface area contributed by atoms with Gasteiger partial charge >= 0.3 is 6.36 Å². The Morgan fingerprint density at radius 3 is 2.22 bits per heavy atom. The van der Waals surface area contributed by atoms with Crippen molar-refractivity contribution in [2.24, 2.45) is 17.8 Å². The number of ether oxygens (including phenoxy) is 1. The molecular weight excluding hydrogens is 301 g/mol. The second-order valence-corrected chi connectivity index (χ2v) is 6.87. The van der Waals surface area contributed by atoms with Crippen LogP contribution in [-0.4, -0.2) is 12.5 Å². The Kier molecular flexibility index (Phi) is 7.02. The van der Waals surface area contributed by atoms with Crippen molar-refractivity contribution in [1.29, 1.82) is 0 Å². The summed E-state index contributed by atoms with van der Waals surface area (Å²) in [5, 5.41) is 0. The van der Waals surface area contributed by atoms with Crippen LogP contribution in [-0.2, 0) is 4.74 Å². The Morgan fingerprint density at radius 2 is 1.65 bits per heavy atom. The molecule has 23 heavy (non-hydrogen) atoms. The lowest BCUT2D eigenvalue weighted by Crippen LogP contribution is -2.27. The van der Waals surface area contributed by atoms with Crippen molar-refractivity contribution in [3.8, 4) is 11.8 Å². The molecule has 0 aromatic rings. The van der Waals surface area contributed by atoms with E-state index in [-0.39, 0.29) is 5.92 Å². The lowest BCUT2D eigenvalue weighted by molar-refractivity contribution is -0.345. The van der Waals surface area contributed by atoms with Crippen LogP contribution in [0, 0.1) is 29.6 Å². The van der Waals surface area contributed by atoms with Crippen molar-refractivity contribution < 1.29 is 17.9 Å². The Labute approximate surface area is 137 Å². The van der Waals surface area contributed by atoms with Gasteiger partial charge in [0.25, 0.3) is 0 Å². The Morgan fingerprint density at radius 1 is 1.00 bits per heavy atom. The summed E-state index contributed by atoms with van der Waals surface area (Å²) in [6, 6.07) is 0. The molecule has 0 N–H and O–H groups in total. The van der Waals surface area contributed by atoms with E-state index in [9.17, 15) is 13.2 Å². The van der Waals surface area contributed by atoms with Crippen molar-refractivity contribution in [1.82, 2.24) is 0 Å². The van der Waals surface area contributed by atoms with Crippen molar-refractivity contribution in [2.75, 3.05) is 0 Å². The van der Waals surface area contributed by atoms with Crippen LogP contribution >= 0.6 is 0 Å². The SMILES string of the molecule is CC[C@H]1CC[C@H](C=CC#C[C@H]2CC[C@H](OC(F)(F)F)CC2)CC1. The molecule has 2 saturated carbocycles. The van der Waals surface area contributed by atoms with Gasteiger partial charge in [-0.2, -0.15) is 0 Å². The van der Waals surface area contributed by atoms with Crippen LogP contribution in [0.1, 0.15) is 64.7 Å². The molecule has 0 amide bonds.